The van der Waals surface area contributed by atoms with Crippen molar-refractivity contribution in [3.05, 3.63) is 46.8 Å². The maximum absolute atomic E-state index is 12.8. The summed E-state index contributed by atoms with van der Waals surface area (Å²) < 4.78 is 10.9. The average molecular weight is 384 g/mol. The normalized spacial score (nSPS) is 21.8. The molecule has 0 unspecified atom stereocenters. The summed E-state index contributed by atoms with van der Waals surface area (Å²) in [4.78, 5) is 26.5. The van der Waals surface area contributed by atoms with Crippen molar-refractivity contribution in [2.24, 2.45) is 5.92 Å². The third-order valence-corrected chi connectivity index (χ3v) is 5.27. The Morgan fingerprint density at radius 1 is 1.32 bits per heavy atom. The molecule has 2 atom stereocenters. The molecule has 0 spiro atoms. The van der Waals surface area contributed by atoms with Crippen molar-refractivity contribution >= 4 is 17.6 Å². The number of benzene rings is 1. The first-order chi connectivity index (χ1) is 13.5. The van der Waals surface area contributed by atoms with E-state index in [4.69, 9.17) is 9.26 Å². The molecule has 8 heteroatoms. The summed E-state index contributed by atoms with van der Waals surface area (Å²) in [6, 6.07) is 7.11. The predicted molar refractivity (Wildman–Crippen MR) is 102 cm³/mol. The summed E-state index contributed by atoms with van der Waals surface area (Å²) >= 11 is 0. The van der Waals surface area contributed by atoms with Crippen LogP contribution in [0.4, 0.5) is 10.5 Å². The Balaban J connectivity index is 1.46. The van der Waals surface area contributed by atoms with Crippen molar-refractivity contribution in [3.63, 3.8) is 0 Å². The van der Waals surface area contributed by atoms with Crippen LogP contribution in [0.25, 0.3) is 0 Å². The van der Waals surface area contributed by atoms with Crippen LogP contribution in [0, 0.1) is 19.8 Å². The quantitative estimate of drug-likeness (QED) is 0.820. The van der Waals surface area contributed by atoms with Gasteiger partial charge in [0.05, 0.1) is 24.9 Å². The van der Waals surface area contributed by atoms with Crippen molar-refractivity contribution in [1.82, 2.24) is 15.8 Å². The highest BCUT2D eigenvalue weighted by atomic mass is 16.5. The molecule has 2 fully saturated rings. The molecule has 28 heavy (non-hydrogen) atoms. The van der Waals surface area contributed by atoms with E-state index < -0.39 is 0 Å². The van der Waals surface area contributed by atoms with Crippen LogP contribution in [-0.2, 0) is 11.2 Å². The number of urea groups is 1. The van der Waals surface area contributed by atoms with Gasteiger partial charge in [0, 0.05) is 42.7 Å². The highest BCUT2D eigenvalue weighted by Crippen LogP contribution is 2.24. The second kappa shape index (κ2) is 7.63. The third-order valence-electron chi connectivity index (χ3n) is 5.27. The molecule has 2 aliphatic rings. The maximum Gasteiger partial charge on any atom is 0.322 e. The van der Waals surface area contributed by atoms with E-state index in [1.165, 1.54) is 0 Å². The van der Waals surface area contributed by atoms with Gasteiger partial charge in [0.2, 0.25) is 0 Å². The molecule has 2 aromatic rings. The van der Waals surface area contributed by atoms with E-state index in [-0.39, 0.29) is 23.9 Å². The smallest absolute Gasteiger partial charge is 0.322 e. The first-order valence-electron chi connectivity index (χ1n) is 9.48. The largest absolute Gasteiger partial charge is 0.379 e. The summed E-state index contributed by atoms with van der Waals surface area (Å²) in [6.07, 6.45) is 0.666. The molecule has 2 saturated heterocycles. The second-order valence-corrected chi connectivity index (χ2v) is 7.40. The number of hydrogen-bond donors (Lipinski definition) is 2. The Labute approximate surface area is 163 Å². The van der Waals surface area contributed by atoms with Crippen LogP contribution >= 0.6 is 0 Å². The van der Waals surface area contributed by atoms with Gasteiger partial charge in [-0.1, -0.05) is 11.2 Å². The number of carbonyl (C=O) groups is 2. The molecule has 0 saturated carbocycles. The minimum atomic E-state index is -0.171. The van der Waals surface area contributed by atoms with Gasteiger partial charge in [0.1, 0.15) is 5.76 Å². The van der Waals surface area contributed by atoms with Crippen LogP contribution in [0.2, 0.25) is 0 Å². The van der Waals surface area contributed by atoms with E-state index in [1.807, 2.05) is 26.0 Å². The lowest BCUT2D eigenvalue weighted by Crippen LogP contribution is -2.40. The topological polar surface area (TPSA) is 96.7 Å². The zero-order chi connectivity index (χ0) is 19.7. The molecule has 1 aromatic heterocycles. The van der Waals surface area contributed by atoms with Crippen molar-refractivity contribution < 1.29 is 18.8 Å². The minimum absolute atomic E-state index is 0.0993. The van der Waals surface area contributed by atoms with Gasteiger partial charge in [-0.15, -0.1) is 0 Å². The van der Waals surface area contributed by atoms with Gasteiger partial charge in [-0.25, -0.2) is 4.79 Å². The van der Waals surface area contributed by atoms with Gasteiger partial charge in [0.15, 0.2) is 0 Å². The van der Waals surface area contributed by atoms with Gasteiger partial charge in [0.25, 0.3) is 5.91 Å². The SMILES string of the molecule is Cc1cc(C[C@H]2COC[C@H]2NC(=O)c2ccc(C)c(N3CCNC3=O)c2)on1. The van der Waals surface area contributed by atoms with Gasteiger partial charge >= 0.3 is 6.03 Å². The molecule has 0 aliphatic carbocycles. The van der Waals surface area contributed by atoms with Crippen molar-refractivity contribution in [3.8, 4) is 0 Å². The molecular formula is C20H24N4O4. The van der Waals surface area contributed by atoms with Gasteiger partial charge in [-0.2, -0.15) is 0 Å². The molecule has 2 N–H and O–H groups in total. The van der Waals surface area contributed by atoms with Crippen LogP contribution < -0.4 is 15.5 Å². The molecule has 0 bridgehead atoms. The fourth-order valence-electron chi connectivity index (χ4n) is 3.72. The highest BCUT2D eigenvalue weighted by Gasteiger charge is 2.31. The van der Waals surface area contributed by atoms with Gasteiger partial charge in [-0.05, 0) is 31.5 Å². The number of rotatable bonds is 5. The highest BCUT2D eigenvalue weighted by molar-refractivity contribution is 5.99. The third kappa shape index (κ3) is 3.73. The summed E-state index contributed by atoms with van der Waals surface area (Å²) in [5.74, 6) is 0.755. The summed E-state index contributed by atoms with van der Waals surface area (Å²) in [5, 5.41) is 9.78. The first kappa shape index (κ1) is 18.5. The fourth-order valence-corrected chi connectivity index (χ4v) is 3.72. The number of ether oxygens (including phenoxy) is 1. The van der Waals surface area contributed by atoms with E-state index in [0.717, 1.165) is 22.7 Å². The number of amides is 3. The average Bonchev–Trinajstić information content (AvgIpc) is 3.39. The Morgan fingerprint density at radius 3 is 2.89 bits per heavy atom. The lowest BCUT2D eigenvalue weighted by Gasteiger charge is -2.20. The molecule has 3 amide bonds. The Hall–Kier alpha value is -2.87. The summed E-state index contributed by atoms with van der Waals surface area (Å²) in [5.41, 5.74) is 3.09. The molecule has 2 aliphatic heterocycles. The number of anilines is 1. The zero-order valence-corrected chi connectivity index (χ0v) is 16.0. The van der Waals surface area contributed by atoms with Crippen LogP contribution in [-0.4, -0.2) is 49.4 Å². The first-order valence-corrected chi connectivity index (χ1v) is 9.48. The molecule has 3 heterocycles. The Morgan fingerprint density at radius 2 is 2.18 bits per heavy atom. The maximum atomic E-state index is 12.8. The van der Waals surface area contributed by atoms with E-state index in [1.54, 1.807) is 17.0 Å². The fraction of sp³-hybridized carbons (Fsp3) is 0.450. The van der Waals surface area contributed by atoms with Crippen LogP contribution in [0.3, 0.4) is 0 Å². The number of nitrogens with one attached hydrogen (secondary N) is 2. The second-order valence-electron chi connectivity index (χ2n) is 7.40. The van der Waals surface area contributed by atoms with Crippen molar-refractivity contribution in [2.45, 2.75) is 26.3 Å². The zero-order valence-electron chi connectivity index (χ0n) is 16.0. The van der Waals surface area contributed by atoms with Gasteiger partial charge in [-0.3, -0.25) is 9.69 Å². The van der Waals surface area contributed by atoms with E-state index >= 15 is 0 Å². The summed E-state index contributed by atoms with van der Waals surface area (Å²) in [6.45, 7) is 6.06. The van der Waals surface area contributed by atoms with Crippen LogP contribution in [0.5, 0.6) is 0 Å². The Kier molecular flexibility index (Phi) is 5.04. The number of aryl methyl sites for hydroxylation is 2. The standard InChI is InChI=1S/C20H24N4O4/c1-12-3-4-14(9-18(12)24-6-5-21-20(24)26)19(25)22-17-11-27-10-15(17)8-16-7-13(2)23-28-16/h3-4,7,9,15,17H,5-6,8,10-11H2,1-2H3,(H,21,26)(H,22,25)/t15-,17+/m0/s1. The molecule has 0 radical (unpaired) electrons. The van der Waals surface area contributed by atoms with Crippen molar-refractivity contribution in [1.29, 1.82) is 0 Å². The van der Waals surface area contributed by atoms with E-state index in [2.05, 4.69) is 15.8 Å². The lowest BCUT2D eigenvalue weighted by molar-refractivity contribution is 0.0924. The monoisotopic (exact) mass is 384 g/mol. The van der Waals surface area contributed by atoms with Crippen molar-refractivity contribution in [2.75, 3.05) is 31.2 Å². The molecule has 1 aromatic carbocycles. The molecule has 148 valence electrons. The van der Waals surface area contributed by atoms with E-state index in [9.17, 15) is 9.59 Å². The molecule has 4 rings (SSSR count). The predicted octanol–water partition coefficient (Wildman–Crippen LogP) is 1.81. The van der Waals surface area contributed by atoms with Crippen LogP contribution in [0.1, 0.15) is 27.4 Å². The van der Waals surface area contributed by atoms with E-state index in [0.29, 0.717) is 38.3 Å². The number of aromatic nitrogens is 1. The lowest BCUT2D eigenvalue weighted by atomic mass is 9.97. The molecular weight excluding hydrogens is 360 g/mol. The molecule has 8 nitrogen and oxygen atoms in total. The number of nitrogens with zero attached hydrogens (tertiary/aromatic N) is 2. The summed E-state index contributed by atoms with van der Waals surface area (Å²) in [7, 11) is 0. The van der Waals surface area contributed by atoms with Gasteiger partial charge < -0.3 is 19.9 Å². The number of hydrogen-bond acceptors (Lipinski definition) is 5. The number of carbonyl (C=O) groups excluding carboxylic acids is 2. The Bertz CT molecular complexity index is 894. The minimum Gasteiger partial charge on any atom is -0.379 e. The van der Waals surface area contributed by atoms with Crippen LogP contribution in [0.15, 0.2) is 28.8 Å².